The van der Waals surface area contributed by atoms with E-state index in [2.05, 4.69) is 10.6 Å². The number of amides is 5. The molecule has 27 heavy (non-hydrogen) atoms. The zero-order chi connectivity index (χ0) is 19.6. The molecule has 0 bridgehead atoms. The average molecular weight is 376 g/mol. The number of hydrogen-bond acceptors (Lipinski definition) is 3. The van der Waals surface area contributed by atoms with Crippen LogP contribution in [0.1, 0.15) is 31.7 Å². The molecule has 0 saturated carbocycles. The maximum absolute atomic E-state index is 13.2. The van der Waals surface area contributed by atoms with E-state index in [4.69, 9.17) is 0 Å². The highest BCUT2D eigenvalue weighted by molar-refractivity contribution is 5.97. The molecule has 0 aromatic heterocycles. The number of urea groups is 2. The van der Waals surface area contributed by atoms with E-state index in [1.807, 2.05) is 6.92 Å². The molecule has 2 fully saturated rings. The number of benzene rings is 1. The van der Waals surface area contributed by atoms with Crippen LogP contribution in [0.4, 0.5) is 14.0 Å². The maximum atomic E-state index is 13.2. The van der Waals surface area contributed by atoms with Crippen LogP contribution in [0, 0.1) is 11.7 Å². The fourth-order valence-electron chi connectivity index (χ4n) is 3.78. The topological polar surface area (TPSA) is 81.8 Å². The van der Waals surface area contributed by atoms with Crippen LogP contribution in [0.3, 0.4) is 0 Å². The van der Waals surface area contributed by atoms with Gasteiger partial charge in [0.2, 0.25) is 5.91 Å². The average Bonchev–Trinajstić information content (AvgIpc) is 2.64. The molecule has 2 N–H and O–H groups in total. The molecule has 146 valence electrons. The van der Waals surface area contributed by atoms with Gasteiger partial charge in [0.15, 0.2) is 0 Å². The van der Waals surface area contributed by atoms with Crippen LogP contribution >= 0.6 is 0 Å². The predicted molar refractivity (Wildman–Crippen MR) is 97.3 cm³/mol. The highest BCUT2D eigenvalue weighted by Crippen LogP contribution is 2.32. The minimum Gasteiger partial charge on any atom is -0.334 e. The molecule has 0 spiro atoms. The zero-order valence-electron chi connectivity index (χ0n) is 15.6. The van der Waals surface area contributed by atoms with Gasteiger partial charge >= 0.3 is 12.1 Å². The van der Waals surface area contributed by atoms with Crippen molar-refractivity contribution >= 4 is 18.0 Å². The Bertz CT molecular complexity index is 736. The van der Waals surface area contributed by atoms with Gasteiger partial charge in [-0.05, 0) is 37.5 Å². The third-order valence-electron chi connectivity index (χ3n) is 5.53. The fourth-order valence-corrected chi connectivity index (χ4v) is 3.78. The van der Waals surface area contributed by atoms with Crippen molar-refractivity contribution in [2.75, 3.05) is 20.1 Å². The first-order valence-electron chi connectivity index (χ1n) is 9.14. The van der Waals surface area contributed by atoms with Gasteiger partial charge in [-0.2, -0.15) is 0 Å². The lowest BCUT2D eigenvalue weighted by molar-refractivity contribution is -0.131. The molecule has 2 saturated heterocycles. The number of hydrogen-bond donors (Lipinski definition) is 2. The molecule has 2 atom stereocenters. The van der Waals surface area contributed by atoms with Crippen molar-refractivity contribution in [1.29, 1.82) is 0 Å². The van der Waals surface area contributed by atoms with Gasteiger partial charge in [0.1, 0.15) is 5.82 Å². The molecule has 1 aromatic carbocycles. The van der Waals surface area contributed by atoms with E-state index in [1.165, 1.54) is 19.2 Å². The standard InChI is InChI=1S/C19H25FN4O3/c1-19(10-16(25)23(2)18(27)22-19)14-6-4-8-24(12-14)17(26)21-11-13-5-3-7-15(20)9-13/h3,5,7,9,14H,4,6,8,10-12H2,1-2H3,(H,21,26)(H,22,27)/t14?,19-/m0/s1. The first kappa shape index (κ1) is 19.1. The van der Waals surface area contributed by atoms with Crippen LogP contribution in [0.5, 0.6) is 0 Å². The molecule has 7 nitrogen and oxygen atoms in total. The SMILES string of the molecule is CN1C(=O)C[C@@](C)(C2CCCN(C(=O)NCc3cccc(F)c3)C2)NC1=O. The van der Waals surface area contributed by atoms with Crippen molar-refractivity contribution in [3.63, 3.8) is 0 Å². The number of carbonyl (C=O) groups excluding carboxylic acids is 3. The van der Waals surface area contributed by atoms with Crippen LogP contribution in [0.25, 0.3) is 0 Å². The van der Waals surface area contributed by atoms with Crippen molar-refractivity contribution in [2.45, 2.75) is 38.3 Å². The molecule has 3 rings (SSSR count). The van der Waals surface area contributed by atoms with Gasteiger partial charge in [0.05, 0.1) is 12.0 Å². The molecule has 1 aromatic rings. The minimum absolute atomic E-state index is 0.00669. The largest absolute Gasteiger partial charge is 0.334 e. The molecule has 1 unspecified atom stereocenters. The van der Waals surface area contributed by atoms with E-state index in [0.717, 1.165) is 17.7 Å². The fraction of sp³-hybridized carbons (Fsp3) is 0.526. The lowest BCUT2D eigenvalue weighted by atomic mass is 9.76. The Hall–Kier alpha value is -2.64. The van der Waals surface area contributed by atoms with Gasteiger partial charge in [-0.25, -0.2) is 14.0 Å². The maximum Gasteiger partial charge on any atom is 0.324 e. The van der Waals surface area contributed by atoms with Crippen molar-refractivity contribution in [1.82, 2.24) is 20.4 Å². The number of nitrogens with one attached hydrogen (secondary N) is 2. The van der Waals surface area contributed by atoms with Gasteiger partial charge in [-0.15, -0.1) is 0 Å². The van der Waals surface area contributed by atoms with Crippen LogP contribution in [0.15, 0.2) is 24.3 Å². The van der Waals surface area contributed by atoms with E-state index in [1.54, 1.807) is 17.0 Å². The number of halogens is 1. The summed E-state index contributed by atoms with van der Waals surface area (Å²) in [5.74, 6) is -0.558. The smallest absolute Gasteiger partial charge is 0.324 e. The van der Waals surface area contributed by atoms with Crippen LogP contribution in [-0.2, 0) is 11.3 Å². The van der Waals surface area contributed by atoms with Crippen molar-refractivity contribution in [3.05, 3.63) is 35.6 Å². The van der Waals surface area contributed by atoms with Crippen LogP contribution in [-0.4, -0.2) is 53.4 Å². The Morgan fingerprint density at radius 3 is 2.89 bits per heavy atom. The summed E-state index contributed by atoms with van der Waals surface area (Å²) in [4.78, 5) is 39.5. The first-order valence-corrected chi connectivity index (χ1v) is 9.14. The summed E-state index contributed by atoms with van der Waals surface area (Å²) >= 11 is 0. The number of imide groups is 1. The van der Waals surface area contributed by atoms with Gasteiger partial charge in [0, 0.05) is 32.6 Å². The quantitative estimate of drug-likeness (QED) is 0.847. The summed E-state index contributed by atoms with van der Waals surface area (Å²) < 4.78 is 13.2. The Morgan fingerprint density at radius 1 is 1.41 bits per heavy atom. The van der Waals surface area contributed by atoms with Gasteiger partial charge in [-0.3, -0.25) is 9.69 Å². The van der Waals surface area contributed by atoms with E-state index in [9.17, 15) is 18.8 Å². The third-order valence-corrected chi connectivity index (χ3v) is 5.53. The third kappa shape index (κ3) is 4.20. The van der Waals surface area contributed by atoms with E-state index in [0.29, 0.717) is 18.7 Å². The number of rotatable bonds is 3. The Kier molecular flexibility index (Phi) is 5.34. The number of nitrogens with zero attached hydrogens (tertiary/aromatic N) is 2. The highest BCUT2D eigenvalue weighted by Gasteiger charge is 2.45. The second-order valence-corrected chi connectivity index (χ2v) is 7.55. The van der Waals surface area contributed by atoms with Gasteiger partial charge in [-0.1, -0.05) is 12.1 Å². The molecule has 2 aliphatic rings. The molecular weight excluding hydrogens is 351 g/mol. The Balaban J connectivity index is 1.61. The second-order valence-electron chi connectivity index (χ2n) is 7.55. The first-order chi connectivity index (χ1) is 12.8. The molecule has 8 heteroatoms. The number of carbonyl (C=O) groups is 3. The Labute approximate surface area is 157 Å². The lowest BCUT2D eigenvalue weighted by Gasteiger charge is -2.46. The van der Waals surface area contributed by atoms with Crippen LogP contribution < -0.4 is 10.6 Å². The molecule has 0 radical (unpaired) electrons. The van der Waals surface area contributed by atoms with Gasteiger partial charge < -0.3 is 15.5 Å². The summed E-state index contributed by atoms with van der Waals surface area (Å²) in [5.41, 5.74) is 0.0272. The van der Waals surface area contributed by atoms with E-state index < -0.39 is 11.6 Å². The Morgan fingerprint density at radius 2 is 2.19 bits per heavy atom. The number of likely N-dealkylation sites (tertiary alicyclic amines) is 1. The summed E-state index contributed by atoms with van der Waals surface area (Å²) in [6.07, 6.45) is 1.85. The second kappa shape index (κ2) is 7.54. The molecule has 0 aliphatic carbocycles. The summed E-state index contributed by atoms with van der Waals surface area (Å²) in [7, 11) is 1.46. The minimum atomic E-state index is -0.664. The summed E-state index contributed by atoms with van der Waals surface area (Å²) in [6, 6.07) is 5.48. The van der Waals surface area contributed by atoms with Crippen molar-refractivity contribution < 1.29 is 18.8 Å². The van der Waals surface area contributed by atoms with Crippen LogP contribution in [0.2, 0.25) is 0 Å². The summed E-state index contributed by atoms with van der Waals surface area (Å²) in [5, 5.41) is 5.75. The molecule has 2 aliphatic heterocycles. The molecular formula is C19H25FN4O3. The van der Waals surface area contributed by atoms with E-state index >= 15 is 0 Å². The highest BCUT2D eigenvalue weighted by atomic mass is 19.1. The number of piperidine rings is 1. The van der Waals surface area contributed by atoms with Crippen molar-refractivity contribution in [2.24, 2.45) is 5.92 Å². The summed E-state index contributed by atoms with van der Waals surface area (Å²) in [6.45, 7) is 3.19. The van der Waals surface area contributed by atoms with E-state index in [-0.39, 0.29) is 36.6 Å². The predicted octanol–water partition coefficient (Wildman–Crippen LogP) is 2.08. The zero-order valence-corrected chi connectivity index (χ0v) is 15.6. The normalized spacial score (nSPS) is 26.0. The monoisotopic (exact) mass is 376 g/mol. The van der Waals surface area contributed by atoms with Gasteiger partial charge in [0.25, 0.3) is 0 Å². The lowest BCUT2D eigenvalue weighted by Crippen LogP contribution is -2.65. The van der Waals surface area contributed by atoms with Crippen molar-refractivity contribution in [3.8, 4) is 0 Å². The molecule has 2 heterocycles. The molecule has 5 amide bonds.